The molecule has 2 atom stereocenters. The lowest BCUT2D eigenvalue weighted by atomic mass is 10.1. The lowest BCUT2D eigenvalue weighted by Crippen LogP contribution is -2.54. The number of aryl methyl sites for hydroxylation is 2. The number of carboxylic acid groups (broad SMARTS) is 1. The third kappa shape index (κ3) is 6.94. The maximum absolute atomic E-state index is 13.0. The number of esters is 2. The molecular weight excluding hydrogens is 496 g/mol. The summed E-state index contributed by atoms with van der Waals surface area (Å²) in [6, 6.07) is 17.5. The summed E-state index contributed by atoms with van der Waals surface area (Å²) in [7, 11) is 0. The number of carboxylic acids is 1. The summed E-state index contributed by atoms with van der Waals surface area (Å²) in [5, 5.41) is 19.6. The number of hydrogen-bond donors (Lipinski definition) is 4. The van der Waals surface area contributed by atoms with Gasteiger partial charge in [0, 0.05) is 0 Å². The van der Waals surface area contributed by atoms with E-state index < -0.39 is 41.9 Å². The molecule has 0 aliphatic rings. The lowest BCUT2D eigenvalue weighted by molar-refractivity contribution is -0.159. The Bertz CT molecular complexity index is 1350. The van der Waals surface area contributed by atoms with Crippen LogP contribution in [0.5, 0.6) is 5.75 Å². The topological polar surface area (TPSA) is 168 Å². The van der Waals surface area contributed by atoms with Crippen LogP contribution in [-0.2, 0) is 19.1 Å². The second kappa shape index (κ2) is 12.2. The number of ether oxygens (including phenoxy) is 2. The molecule has 0 radical (unpaired) electrons. The van der Waals surface area contributed by atoms with Crippen LogP contribution < -0.4 is 10.9 Å². The van der Waals surface area contributed by atoms with E-state index in [1.807, 2.05) is 10.9 Å². The Balaban J connectivity index is 1.85. The highest BCUT2D eigenvalue weighted by molar-refractivity contribution is 6.00. The number of amides is 2. The molecule has 38 heavy (non-hydrogen) atoms. The average molecular weight is 520 g/mol. The fraction of sp³-hybridized carbons (Fsp3) is 0.148. The van der Waals surface area contributed by atoms with E-state index in [0.29, 0.717) is 0 Å². The molecule has 0 aliphatic heterocycles. The molecule has 11 heteroatoms. The molecule has 3 aromatic carbocycles. The number of para-hydroxylation sites is 1. The molecule has 0 spiro atoms. The normalized spacial score (nSPS) is 11.9. The number of benzene rings is 3. The van der Waals surface area contributed by atoms with Crippen molar-refractivity contribution in [3.8, 4) is 5.75 Å². The van der Waals surface area contributed by atoms with E-state index in [1.54, 1.807) is 38.1 Å². The van der Waals surface area contributed by atoms with Gasteiger partial charge >= 0.3 is 17.9 Å². The molecule has 4 N–H and O–H groups in total. The van der Waals surface area contributed by atoms with Crippen molar-refractivity contribution in [3.05, 3.63) is 101 Å². The molecule has 3 aromatic rings. The van der Waals surface area contributed by atoms with Gasteiger partial charge in [-0.1, -0.05) is 47.5 Å². The van der Waals surface area contributed by atoms with Gasteiger partial charge in [0.05, 0.1) is 16.7 Å². The van der Waals surface area contributed by atoms with Crippen LogP contribution >= 0.6 is 0 Å². The molecule has 3 rings (SSSR count). The predicted octanol–water partition coefficient (Wildman–Crippen LogP) is 2.31. The van der Waals surface area contributed by atoms with Crippen molar-refractivity contribution in [3.63, 3.8) is 0 Å². The maximum atomic E-state index is 13.0. The number of carbonyl (C=O) groups is 5. The van der Waals surface area contributed by atoms with Gasteiger partial charge in [-0.2, -0.15) is 0 Å². The molecule has 0 bridgehead atoms. The largest absolute Gasteiger partial charge is 0.507 e. The molecule has 0 heterocycles. The number of aliphatic carboxylic acids is 1. The van der Waals surface area contributed by atoms with Gasteiger partial charge in [-0.3, -0.25) is 20.4 Å². The Labute approximate surface area is 217 Å². The minimum absolute atomic E-state index is 0.000596. The summed E-state index contributed by atoms with van der Waals surface area (Å²) in [6.45, 7) is 3.56. The molecule has 196 valence electrons. The lowest BCUT2D eigenvalue weighted by Gasteiger charge is -2.23. The van der Waals surface area contributed by atoms with Crippen LogP contribution in [0.15, 0.2) is 72.8 Å². The van der Waals surface area contributed by atoms with E-state index in [2.05, 4.69) is 0 Å². The highest BCUT2D eigenvalue weighted by Crippen LogP contribution is 2.16. The fourth-order valence-electron chi connectivity index (χ4n) is 3.16. The van der Waals surface area contributed by atoms with Crippen LogP contribution in [0, 0.1) is 13.8 Å². The first-order valence-corrected chi connectivity index (χ1v) is 11.2. The van der Waals surface area contributed by atoms with Crippen molar-refractivity contribution in [2.24, 2.45) is 0 Å². The number of phenols is 1. The Morgan fingerprint density at radius 1 is 0.684 bits per heavy atom. The minimum Gasteiger partial charge on any atom is -0.507 e. The maximum Gasteiger partial charge on any atom is 0.349 e. The van der Waals surface area contributed by atoms with Gasteiger partial charge in [0.15, 0.2) is 0 Å². The quantitative estimate of drug-likeness (QED) is 0.257. The first-order chi connectivity index (χ1) is 18.1. The molecule has 11 nitrogen and oxygen atoms in total. The Hall–Kier alpha value is -5.19. The number of carbonyl (C=O) groups excluding carboxylic acids is 4. The number of aromatic hydroxyl groups is 1. The average Bonchev–Trinajstić information content (AvgIpc) is 2.89. The highest BCUT2D eigenvalue weighted by Gasteiger charge is 2.41. The highest BCUT2D eigenvalue weighted by atomic mass is 16.6. The second-order valence-corrected chi connectivity index (χ2v) is 8.18. The number of rotatable bonds is 8. The van der Waals surface area contributed by atoms with E-state index >= 15 is 0 Å². The standard InChI is InChI=1S/C27H24N2O9/c1-15-7-11-17(12-8-15)26(35)37-21(24(32)29-28-23(31)19-5-3-4-6-20(19)30)22(25(33)34)38-27(36)18-13-9-16(2)10-14-18/h3-14,21-22,30H,1-2H3,(H,28,31)(H,29,32)(H,33,34)/t21-,22+/m1/s1. The van der Waals surface area contributed by atoms with Gasteiger partial charge in [0.25, 0.3) is 11.8 Å². The third-order valence-corrected chi connectivity index (χ3v) is 5.27. The van der Waals surface area contributed by atoms with E-state index in [1.165, 1.54) is 48.5 Å². The number of hydrazine groups is 1. The molecule has 0 aromatic heterocycles. The fourth-order valence-corrected chi connectivity index (χ4v) is 3.16. The van der Waals surface area contributed by atoms with Crippen molar-refractivity contribution in [2.75, 3.05) is 0 Å². The first kappa shape index (κ1) is 27.4. The summed E-state index contributed by atoms with van der Waals surface area (Å²) in [6.07, 6.45) is -4.49. The smallest absolute Gasteiger partial charge is 0.349 e. The zero-order valence-electron chi connectivity index (χ0n) is 20.3. The summed E-state index contributed by atoms with van der Waals surface area (Å²) in [5.74, 6) is -6.57. The molecular formula is C27H24N2O9. The predicted molar refractivity (Wildman–Crippen MR) is 132 cm³/mol. The van der Waals surface area contributed by atoms with Crippen molar-refractivity contribution < 1.29 is 43.7 Å². The van der Waals surface area contributed by atoms with Gasteiger partial charge < -0.3 is 19.7 Å². The molecule has 2 amide bonds. The molecule has 0 aliphatic carbocycles. The molecule has 0 saturated heterocycles. The molecule has 0 saturated carbocycles. The Kier molecular flexibility index (Phi) is 8.78. The van der Waals surface area contributed by atoms with Gasteiger partial charge in [0.1, 0.15) is 5.75 Å². The summed E-state index contributed by atoms with van der Waals surface area (Å²) in [4.78, 5) is 62.8. The third-order valence-electron chi connectivity index (χ3n) is 5.27. The van der Waals surface area contributed by atoms with Crippen LogP contribution in [0.2, 0.25) is 0 Å². The second-order valence-electron chi connectivity index (χ2n) is 8.18. The van der Waals surface area contributed by atoms with Gasteiger partial charge in [0.2, 0.25) is 12.2 Å². The van der Waals surface area contributed by atoms with Gasteiger partial charge in [-0.25, -0.2) is 14.4 Å². The van der Waals surface area contributed by atoms with E-state index in [-0.39, 0.29) is 22.4 Å². The van der Waals surface area contributed by atoms with E-state index in [4.69, 9.17) is 9.47 Å². The summed E-state index contributed by atoms with van der Waals surface area (Å²) >= 11 is 0. The van der Waals surface area contributed by atoms with Crippen molar-refractivity contribution in [1.82, 2.24) is 10.9 Å². The SMILES string of the molecule is Cc1ccc(C(=O)O[C@H](C(=O)O)[C@@H](OC(=O)c2ccc(C)cc2)C(=O)NNC(=O)c2ccccc2O)cc1. The molecule has 0 fully saturated rings. The van der Waals surface area contributed by atoms with Crippen LogP contribution in [0.4, 0.5) is 0 Å². The van der Waals surface area contributed by atoms with E-state index in [0.717, 1.165) is 11.1 Å². The number of nitrogens with one attached hydrogen (secondary N) is 2. The minimum atomic E-state index is -2.28. The first-order valence-electron chi connectivity index (χ1n) is 11.2. The van der Waals surface area contributed by atoms with Gasteiger partial charge in [-0.15, -0.1) is 0 Å². The van der Waals surface area contributed by atoms with Crippen LogP contribution in [0.25, 0.3) is 0 Å². The van der Waals surface area contributed by atoms with Crippen molar-refractivity contribution >= 4 is 29.7 Å². The van der Waals surface area contributed by atoms with Crippen LogP contribution in [0.1, 0.15) is 42.2 Å². The summed E-state index contributed by atoms with van der Waals surface area (Å²) < 4.78 is 10.2. The molecule has 0 unspecified atom stereocenters. The monoisotopic (exact) mass is 520 g/mol. The Morgan fingerprint density at radius 2 is 1.16 bits per heavy atom. The zero-order chi connectivity index (χ0) is 27.8. The Morgan fingerprint density at radius 3 is 1.63 bits per heavy atom. The van der Waals surface area contributed by atoms with Crippen LogP contribution in [0.3, 0.4) is 0 Å². The zero-order valence-corrected chi connectivity index (χ0v) is 20.3. The van der Waals surface area contributed by atoms with Gasteiger partial charge in [-0.05, 0) is 50.2 Å². The summed E-state index contributed by atoms with van der Waals surface area (Å²) in [5.41, 5.74) is 5.42. The number of phenolic OH excluding ortho intramolecular Hbond substituents is 1. The van der Waals surface area contributed by atoms with Crippen molar-refractivity contribution in [1.29, 1.82) is 0 Å². The van der Waals surface area contributed by atoms with Crippen LogP contribution in [-0.4, -0.2) is 52.1 Å². The van der Waals surface area contributed by atoms with E-state index in [9.17, 15) is 34.2 Å². The van der Waals surface area contributed by atoms with Crippen molar-refractivity contribution in [2.45, 2.75) is 26.1 Å². The number of hydrogen-bond acceptors (Lipinski definition) is 8.